The van der Waals surface area contributed by atoms with Crippen molar-refractivity contribution in [3.05, 3.63) is 71.8 Å². The van der Waals surface area contributed by atoms with Gasteiger partial charge in [-0.2, -0.15) is 23.5 Å². The Morgan fingerprint density at radius 1 is 0.615 bits per heavy atom. The number of hydrogen-bond acceptors (Lipinski definition) is 2. The Morgan fingerprint density at radius 2 is 1.23 bits per heavy atom. The smallest absolute Gasteiger partial charge is 0.0191 e. The van der Waals surface area contributed by atoms with E-state index < -0.39 is 0 Å². The van der Waals surface area contributed by atoms with Crippen LogP contribution < -0.4 is 0 Å². The van der Waals surface area contributed by atoms with Gasteiger partial charge in [0.05, 0.1) is 0 Å². The third-order valence-electron chi connectivity index (χ3n) is 5.42. The summed E-state index contributed by atoms with van der Waals surface area (Å²) in [5.41, 5.74) is 3.01. The Kier molecular flexibility index (Phi) is 3.99. The van der Waals surface area contributed by atoms with Gasteiger partial charge in [0.25, 0.3) is 0 Å². The molecule has 5 aromatic carbocycles. The first-order chi connectivity index (χ1) is 12.8. The van der Waals surface area contributed by atoms with Gasteiger partial charge in [-0.05, 0) is 72.8 Å². The number of benzene rings is 5. The zero-order valence-electron chi connectivity index (χ0n) is 15.0. The molecular formula is C24H20S2. The highest BCUT2D eigenvalue weighted by molar-refractivity contribution is 7.98. The molecule has 0 amide bonds. The number of rotatable bonds is 4. The highest BCUT2D eigenvalue weighted by Gasteiger charge is 2.17. The monoisotopic (exact) mass is 372 g/mol. The average molecular weight is 373 g/mol. The normalized spacial score (nSPS) is 12.1. The van der Waals surface area contributed by atoms with Crippen molar-refractivity contribution < 1.29 is 0 Å². The minimum atomic E-state index is 1.06. The minimum Gasteiger partial charge on any atom is -0.161 e. The van der Waals surface area contributed by atoms with Crippen molar-refractivity contribution in [2.45, 2.75) is 11.5 Å². The lowest BCUT2D eigenvalue weighted by Crippen LogP contribution is -1.96. The van der Waals surface area contributed by atoms with Gasteiger partial charge in [-0.15, -0.1) is 0 Å². The Bertz CT molecular complexity index is 1250. The maximum Gasteiger partial charge on any atom is 0.0191 e. The molecule has 0 radical (unpaired) electrons. The third-order valence-corrected chi connectivity index (χ3v) is 6.60. The summed E-state index contributed by atoms with van der Waals surface area (Å²) in [7, 11) is 0. The van der Waals surface area contributed by atoms with Crippen molar-refractivity contribution in [2.75, 3.05) is 12.5 Å². The second-order valence-corrected chi connectivity index (χ2v) is 8.60. The topological polar surface area (TPSA) is 0 Å². The van der Waals surface area contributed by atoms with Crippen molar-refractivity contribution in [1.29, 1.82) is 0 Å². The fourth-order valence-electron chi connectivity index (χ4n) is 4.44. The van der Waals surface area contributed by atoms with Gasteiger partial charge in [0, 0.05) is 11.5 Å². The summed E-state index contributed by atoms with van der Waals surface area (Å²) in [6, 6.07) is 22.7. The van der Waals surface area contributed by atoms with Crippen molar-refractivity contribution in [2.24, 2.45) is 0 Å². The van der Waals surface area contributed by atoms with Crippen LogP contribution >= 0.6 is 23.5 Å². The molecule has 0 aliphatic heterocycles. The van der Waals surface area contributed by atoms with Crippen LogP contribution in [0.1, 0.15) is 11.1 Å². The molecule has 0 saturated carbocycles. The van der Waals surface area contributed by atoms with Crippen LogP contribution in [0, 0.1) is 0 Å². The van der Waals surface area contributed by atoms with E-state index in [1.807, 2.05) is 23.5 Å². The van der Waals surface area contributed by atoms with Gasteiger partial charge >= 0.3 is 0 Å². The lowest BCUT2D eigenvalue weighted by molar-refractivity contribution is 1.33. The van der Waals surface area contributed by atoms with E-state index in [0.717, 1.165) is 11.5 Å². The first-order valence-corrected chi connectivity index (χ1v) is 11.7. The summed E-state index contributed by atoms with van der Waals surface area (Å²) in [4.78, 5) is 0. The highest BCUT2D eigenvalue weighted by atomic mass is 32.2. The minimum absolute atomic E-state index is 1.06. The third kappa shape index (κ3) is 2.25. The Labute approximate surface area is 162 Å². The van der Waals surface area contributed by atoms with E-state index in [1.165, 1.54) is 54.2 Å². The first kappa shape index (κ1) is 16.3. The molecule has 128 valence electrons. The molecule has 0 saturated heterocycles. The van der Waals surface area contributed by atoms with Crippen molar-refractivity contribution >= 4 is 66.6 Å². The zero-order chi connectivity index (χ0) is 17.7. The molecule has 0 aliphatic rings. The molecule has 0 atom stereocenters. The van der Waals surface area contributed by atoms with E-state index in [1.54, 1.807) is 0 Å². The standard InChI is InChI=1S/C24H20S2/c1-25-13-17-12-16-8-5-10-19-18-9-3-6-15-7-4-11-20(22(15)18)24(23(16)19)21(17)14-26-2/h3-12H,13-14H2,1-2H3. The predicted molar refractivity (Wildman–Crippen MR) is 122 cm³/mol. The van der Waals surface area contributed by atoms with Crippen molar-refractivity contribution in [1.82, 2.24) is 0 Å². The lowest BCUT2D eigenvalue weighted by atomic mass is 9.86. The van der Waals surface area contributed by atoms with E-state index in [0.29, 0.717) is 0 Å². The van der Waals surface area contributed by atoms with Crippen molar-refractivity contribution in [3.8, 4) is 0 Å². The Hall–Kier alpha value is -1.90. The van der Waals surface area contributed by atoms with Crippen LogP contribution in [0.4, 0.5) is 0 Å². The molecule has 0 nitrogen and oxygen atoms in total. The van der Waals surface area contributed by atoms with Crippen LogP contribution in [0.25, 0.3) is 43.1 Å². The van der Waals surface area contributed by atoms with E-state index in [4.69, 9.17) is 0 Å². The van der Waals surface area contributed by atoms with E-state index >= 15 is 0 Å². The molecule has 5 aromatic rings. The molecule has 0 spiro atoms. The SMILES string of the molecule is CSCc1cc2cccc3c4cccc5cccc(c(c1CSC)c23)c54. The highest BCUT2D eigenvalue weighted by Crippen LogP contribution is 2.43. The number of hydrogen-bond donors (Lipinski definition) is 0. The Morgan fingerprint density at radius 3 is 1.92 bits per heavy atom. The maximum absolute atomic E-state index is 2.43. The van der Waals surface area contributed by atoms with Gasteiger partial charge in [0.1, 0.15) is 0 Å². The van der Waals surface area contributed by atoms with Crippen LogP contribution in [0.5, 0.6) is 0 Å². The van der Waals surface area contributed by atoms with Crippen LogP contribution in [0.3, 0.4) is 0 Å². The second kappa shape index (κ2) is 6.37. The van der Waals surface area contributed by atoms with Gasteiger partial charge in [-0.1, -0.05) is 54.6 Å². The summed E-state index contributed by atoms with van der Waals surface area (Å²) in [6.07, 6.45) is 4.41. The summed E-state index contributed by atoms with van der Waals surface area (Å²) in [6.45, 7) is 0. The lowest BCUT2D eigenvalue weighted by Gasteiger charge is -2.19. The van der Waals surface area contributed by atoms with E-state index in [-0.39, 0.29) is 0 Å². The molecule has 26 heavy (non-hydrogen) atoms. The molecule has 0 aliphatic carbocycles. The molecule has 0 unspecified atom stereocenters. The van der Waals surface area contributed by atoms with Crippen molar-refractivity contribution in [3.63, 3.8) is 0 Å². The fraction of sp³-hybridized carbons (Fsp3) is 0.167. The molecule has 0 fully saturated rings. The first-order valence-electron chi connectivity index (χ1n) is 8.91. The van der Waals surface area contributed by atoms with Gasteiger partial charge in [-0.25, -0.2) is 0 Å². The number of thioether (sulfide) groups is 2. The van der Waals surface area contributed by atoms with E-state index in [9.17, 15) is 0 Å². The van der Waals surface area contributed by atoms with Gasteiger partial charge < -0.3 is 0 Å². The van der Waals surface area contributed by atoms with Gasteiger partial charge in [-0.3, -0.25) is 0 Å². The summed E-state index contributed by atoms with van der Waals surface area (Å²) >= 11 is 3.84. The van der Waals surface area contributed by atoms with Gasteiger partial charge in [0.2, 0.25) is 0 Å². The molecule has 5 rings (SSSR count). The number of fused-ring (bicyclic) bond motifs is 2. The van der Waals surface area contributed by atoms with E-state index in [2.05, 4.69) is 73.2 Å². The summed E-state index contributed by atoms with van der Waals surface area (Å²) in [5, 5.41) is 11.2. The summed E-state index contributed by atoms with van der Waals surface area (Å²) < 4.78 is 0. The van der Waals surface area contributed by atoms with Crippen LogP contribution in [0.2, 0.25) is 0 Å². The quantitative estimate of drug-likeness (QED) is 0.237. The molecular weight excluding hydrogens is 352 g/mol. The van der Waals surface area contributed by atoms with Gasteiger partial charge in [0.15, 0.2) is 0 Å². The largest absolute Gasteiger partial charge is 0.161 e. The summed E-state index contributed by atoms with van der Waals surface area (Å²) in [5.74, 6) is 2.13. The fourth-order valence-corrected chi connectivity index (χ4v) is 5.63. The molecule has 0 aromatic heterocycles. The molecule has 0 heterocycles. The van der Waals surface area contributed by atoms with Crippen LogP contribution in [-0.2, 0) is 11.5 Å². The maximum atomic E-state index is 2.43. The molecule has 0 N–H and O–H groups in total. The predicted octanol–water partition coefficient (Wildman–Crippen LogP) is 7.46. The molecule has 0 bridgehead atoms. The average Bonchev–Trinajstić information content (AvgIpc) is 2.67. The van der Waals surface area contributed by atoms with Crippen LogP contribution in [-0.4, -0.2) is 12.5 Å². The zero-order valence-corrected chi connectivity index (χ0v) is 16.6. The molecule has 2 heteroatoms. The van der Waals surface area contributed by atoms with Crippen LogP contribution in [0.15, 0.2) is 60.7 Å². The Balaban J connectivity index is 2.13. The second-order valence-electron chi connectivity index (χ2n) is 6.87.